The van der Waals surface area contributed by atoms with Crippen LogP contribution < -0.4 is 0 Å². The smallest absolute Gasteiger partial charge is 0.336 e. The highest BCUT2D eigenvalue weighted by Gasteiger charge is 2.21. The lowest BCUT2D eigenvalue weighted by Crippen LogP contribution is -2.06. The van der Waals surface area contributed by atoms with Crippen LogP contribution in [0.25, 0.3) is 10.8 Å². The average Bonchev–Trinajstić information content (AvgIpc) is 2.34. The van der Waals surface area contributed by atoms with E-state index in [2.05, 4.69) is 0 Å². The van der Waals surface area contributed by atoms with E-state index in [1.807, 2.05) is 0 Å². The molecule has 2 aromatic rings. The van der Waals surface area contributed by atoms with Gasteiger partial charge in [-0.15, -0.1) is 0 Å². The van der Waals surface area contributed by atoms with E-state index in [0.29, 0.717) is 6.07 Å². The van der Waals surface area contributed by atoms with E-state index < -0.39 is 41.6 Å². The molecule has 0 aromatic heterocycles. The maximum absolute atomic E-state index is 11.3. The van der Waals surface area contributed by atoms with Crippen molar-refractivity contribution in [3.63, 3.8) is 0 Å². The fraction of sp³-hybridized carbons (Fsp3) is 0. The molecule has 0 bridgehead atoms. The van der Waals surface area contributed by atoms with Crippen molar-refractivity contribution in [2.24, 2.45) is 0 Å². The Hall–Kier alpha value is -2.01. The number of benzene rings is 2. The van der Waals surface area contributed by atoms with Crippen LogP contribution in [-0.4, -0.2) is 37.0 Å². The van der Waals surface area contributed by atoms with E-state index in [1.54, 1.807) is 0 Å². The van der Waals surface area contributed by atoms with Gasteiger partial charge in [-0.1, -0.05) is 12.1 Å². The lowest BCUT2D eigenvalue weighted by atomic mass is 10.0. The molecule has 112 valence electrons. The molecule has 0 amide bonds. The van der Waals surface area contributed by atoms with Gasteiger partial charge >= 0.3 is 5.97 Å². The molecule has 10 heteroatoms. The molecule has 2 rings (SSSR count). The standard InChI is InChI=1S/C11H8O8S2/c12-11(13)9-5-6(20(14,15)16)4-8-7(9)2-1-3-10(8)21(17,18)19/h1-5H,(H,12,13)(H,14,15,16)(H,17,18,19). The molecule has 0 aliphatic carbocycles. The molecule has 0 saturated carbocycles. The molecular formula is C11H8O8S2. The van der Waals surface area contributed by atoms with E-state index in [9.17, 15) is 21.6 Å². The maximum atomic E-state index is 11.3. The number of fused-ring (bicyclic) bond motifs is 1. The molecule has 21 heavy (non-hydrogen) atoms. The minimum atomic E-state index is -4.75. The molecule has 0 aliphatic heterocycles. The monoisotopic (exact) mass is 332 g/mol. The third kappa shape index (κ3) is 2.88. The highest BCUT2D eigenvalue weighted by molar-refractivity contribution is 7.86. The summed E-state index contributed by atoms with van der Waals surface area (Å²) in [4.78, 5) is 9.72. The summed E-state index contributed by atoms with van der Waals surface area (Å²) in [5, 5.41) is 8.66. The van der Waals surface area contributed by atoms with Crippen molar-refractivity contribution in [3.8, 4) is 0 Å². The molecule has 0 spiro atoms. The lowest BCUT2D eigenvalue weighted by Gasteiger charge is -2.08. The second kappa shape index (κ2) is 4.77. The molecule has 0 atom stereocenters. The molecule has 3 N–H and O–H groups in total. The summed E-state index contributed by atoms with van der Waals surface area (Å²) in [5.41, 5.74) is -0.523. The first-order chi connectivity index (χ1) is 9.51. The van der Waals surface area contributed by atoms with E-state index in [-0.39, 0.29) is 10.8 Å². The van der Waals surface area contributed by atoms with Gasteiger partial charge in [-0.3, -0.25) is 9.11 Å². The zero-order valence-electron chi connectivity index (χ0n) is 10.1. The minimum absolute atomic E-state index is 0.0926. The molecule has 8 nitrogen and oxygen atoms in total. The van der Waals surface area contributed by atoms with Crippen LogP contribution in [0.2, 0.25) is 0 Å². The second-order valence-electron chi connectivity index (χ2n) is 4.08. The molecule has 0 fully saturated rings. The van der Waals surface area contributed by atoms with Crippen LogP contribution in [0.4, 0.5) is 0 Å². The van der Waals surface area contributed by atoms with Crippen molar-refractivity contribution >= 4 is 37.0 Å². The van der Waals surface area contributed by atoms with Gasteiger partial charge < -0.3 is 5.11 Å². The Balaban J connectivity index is 3.08. The Morgan fingerprint density at radius 3 is 2.00 bits per heavy atom. The van der Waals surface area contributed by atoms with Crippen LogP contribution in [0.15, 0.2) is 40.1 Å². The maximum Gasteiger partial charge on any atom is 0.336 e. The molecular weight excluding hydrogens is 324 g/mol. The number of carboxylic acids is 1. The predicted molar refractivity (Wildman–Crippen MR) is 70.5 cm³/mol. The fourth-order valence-electron chi connectivity index (χ4n) is 1.88. The van der Waals surface area contributed by atoms with Crippen molar-refractivity contribution in [1.82, 2.24) is 0 Å². The van der Waals surface area contributed by atoms with Gasteiger partial charge in [-0.2, -0.15) is 16.8 Å². The first-order valence-electron chi connectivity index (χ1n) is 5.27. The highest BCUT2D eigenvalue weighted by Crippen LogP contribution is 2.29. The zero-order valence-corrected chi connectivity index (χ0v) is 11.7. The summed E-state index contributed by atoms with van der Waals surface area (Å²) in [6.07, 6.45) is 0. The average molecular weight is 332 g/mol. The molecule has 0 saturated heterocycles. The number of aromatic carboxylic acids is 1. The SMILES string of the molecule is O=C(O)c1cc(S(=O)(=O)O)cc2c(S(=O)(=O)O)cccc12. The van der Waals surface area contributed by atoms with E-state index in [1.165, 1.54) is 12.1 Å². The molecule has 0 aliphatic rings. The first-order valence-corrected chi connectivity index (χ1v) is 8.15. The van der Waals surface area contributed by atoms with E-state index >= 15 is 0 Å². The highest BCUT2D eigenvalue weighted by atomic mass is 32.2. The number of hydrogen-bond donors (Lipinski definition) is 3. The predicted octanol–water partition coefficient (Wildman–Crippen LogP) is 1.03. The van der Waals surface area contributed by atoms with Crippen molar-refractivity contribution in [2.45, 2.75) is 9.79 Å². The second-order valence-corrected chi connectivity index (χ2v) is 6.89. The quantitative estimate of drug-likeness (QED) is 0.706. The normalized spacial score (nSPS) is 12.5. The zero-order chi connectivity index (χ0) is 16.0. The molecule has 0 heterocycles. The number of hydrogen-bond acceptors (Lipinski definition) is 5. The number of carboxylic acid groups (broad SMARTS) is 1. The number of carbonyl (C=O) groups is 1. The van der Waals surface area contributed by atoms with Crippen LogP contribution >= 0.6 is 0 Å². The minimum Gasteiger partial charge on any atom is -0.478 e. The summed E-state index contributed by atoms with van der Waals surface area (Å²) in [7, 11) is -9.46. The van der Waals surface area contributed by atoms with Crippen LogP contribution in [0.3, 0.4) is 0 Å². The first kappa shape index (κ1) is 15.4. The summed E-state index contributed by atoms with van der Waals surface area (Å²) in [6, 6.07) is 4.91. The van der Waals surface area contributed by atoms with Gasteiger partial charge in [0.05, 0.1) is 10.5 Å². The Kier molecular flexibility index (Phi) is 3.49. The van der Waals surface area contributed by atoms with Gasteiger partial charge in [0.1, 0.15) is 4.90 Å². The summed E-state index contributed by atoms with van der Waals surface area (Å²) in [5.74, 6) is -1.52. The van der Waals surface area contributed by atoms with Crippen molar-refractivity contribution in [1.29, 1.82) is 0 Å². The largest absolute Gasteiger partial charge is 0.478 e. The topological polar surface area (TPSA) is 146 Å². The van der Waals surface area contributed by atoms with Crippen LogP contribution in [0.1, 0.15) is 10.4 Å². The van der Waals surface area contributed by atoms with Crippen LogP contribution in [0, 0.1) is 0 Å². The third-order valence-electron chi connectivity index (χ3n) is 2.74. The van der Waals surface area contributed by atoms with E-state index in [0.717, 1.165) is 12.1 Å². The van der Waals surface area contributed by atoms with Gasteiger partial charge in [-0.25, -0.2) is 4.79 Å². The Labute approximate surface area is 119 Å². The van der Waals surface area contributed by atoms with Crippen molar-refractivity contribution in [2.75, 3.05) is 0 Å². The Morgan fingerprint density at radius 1 is 0.905 bits per heavy atom. The third-order valence-corrected chi connectivity index (χ3v) is 4.48. The van der Waals surface area contributed by atoms with Gasteiger partial charge in [0, 0.05) is 5.39 Å². The molecule has 0 radical (unpaired) electrons. The van der Waals surface area contributed by atoms with Crippen molar-refractivity contribution < 1.29 is 35.8 Å². The Morgan fingerprint density at radius 2 is 1.52 bits per heavy atom. The summed E-state index contributed by atoms with van der Waals surface area (Å²) in [6.45, 7) is 0. The molecule has 2 aromatic carbocycles. The van der Waals surface area contributed by atoms with Gasteiger partial charge in [-0.05, 0) is 23.6 Å². The van der Waals surface area contributed by atoms with Crippen molar-refractivity contribution in [3.05, 3.63) is 35.9 Å². The summed E-state index contributed by atoms with van der Waals surface area (Å²) >= 11 is 0. The fourth-order valence-corrected chi connectivity index (χ4v) is 3.11. The number of rotatable bonds is 3. The lowest BCUT2D eigenvalue weighted by molar-refractivity contribution is 0.0698. The summed E-state index contributed by atoms with van der Waals surface area (Å²) < 4.78 is 63.0. The van der Waals surface area contributed by atoms with Crippen LogP contribution in [-0.2, 0) is 20.2 Å². The van der Waals surface area contributed by atoms with Crippen LogP contribution in [0.5, 0.6) is 0 Å². The van der Waals surface area contributed by atoms with Gasteiger partial charge in [0.15, 0.2) is 0 Å². The van der Waals surface area contributed by atoms with Gasteiger partial charge in [0.25, 0.3) is 20.2 Å². The van der Waals surface area contributed by atoms with E-state index in [4.69, 9.17) is 14.2 Å². The molecule has 0 unspecified atom stereocenters. The Bertz CT molecular complexity index is 957. The van der Waals surface area contributed by atoms with Gasteiger partial charge in [0.2, 0.25) is 0 Å².